The van der Waals surface area contributed by atoms with E-state index in [2.05, 4.69) is 20.6 Å². The van der Waals surface area contributed by atoms with Gasteiger partial charge in [0.1, 0.15) is 23.6 Å². The number of nitrogens with zero attached hydrogens (tertiary/aromatic N) is 2. The molecule has 0 spiro atoms. The highest BCUT2D eigenvalue weighted by atomic mass is 35.5. The Morgan fingerprint density at radius 1 is 1.07 bits per heavy atom. The van der Waals surface area contributed by atoms with Crippen molar-refractivity contribution in [2.24, 2.45) is 0 Å². The van der Waals surface area contributed by atoms with Gasteiger partial charge < -0.3 is 15.4 Å². The van der Waals surface area contributed by atoms with Gasteiger partial charge in [0.15, 0.2) is 0 Å². The van der Waals surface area contributed by atoms with E-state index in [9.17, 15) is 4.79 Å². The third kappa shape index (κ3) is 4.35. The van der Waals surface area contributed by atoms with Gasteiger partial charge in [-0.15, -0.1) is 0 Å². The molecule has 7 heteroatoms. The Labute approximate surface area is 162 Å². The molecule has 0 saturated carbocycles. The number of hydrogen-bond donors (Lipinski definition) is 2. The number of aryl methyl sites for hydroxylation is 1. The third-order valence-electron chi connectivity index (χ3n) is 4.03. The predicted octanol–water partition coefficient (Wildman–Crippen LogP) is 4.75. The number of halogens is 1. The van der Waals surface area contributed by atoms with Crippen molar-refractivity contribution in [3.05, 3.63) is 70.6 Å². The van der Waals surface area contributed by atoms with Gasteiger partial charge in [-0.25, -0.2) is 9.97 Å². The number of rotatable bonds is 5. The molecule has 0 aliphatic heterocycles. The molecule has 2 N–H and O–H groups in total. The van der Waals surface area contributed by atoms with Crippen LogP contribution < -0.4 is 15.4 Å². The van der Waals surface area contributed by atoms with Crippen LogP contribution in [0.1, 0.15) is 21.6 Å². The number of carbonyl (C=O) groups excluding carboxylic acids is 1. The van der Waals surface area contributed by atoms with Gasteiger partial charge in [-0.3, -0.25) is 4.79 Å². The SMILES string of the molecule is COc1ccc(C)cc1Nc1cc(C(=O)Nc2cccc(Cl)c2C)ncn1. The lowest BCUT2D eigenvalue weighted by atomic mass is 10.2. The molecule has 3 aromatic rings. The lowest BCUT2D eigenvalue weighted by Crippen LogP contribution is -2.15. The molecule has 138 valence electrons. The van der Waals surface area contributed by atoms with E-state index >= 15 is 0 Å². The summed E-state index contributed by atoms with van der Waals surface area (Å²) in [5.74, 6) is 0.823. The maximum atomic E-state index is 12.6. The van der Waals surface area contributed by atoms with Crippen molar-refractivity contribution in [1.29, 1.82) is 0 Å². The van der Waals surface area contributed by atoms with E-state index in [4.69, 9.17) is 16.3 Å². The molecule has 0 fully saturated rings. The third-order valence-corrected chi connectivity index (χ3v) is 4.44. The van der Waals surface area contributed by atoms with Crippen LogP contribution in [0.4, 0.5) is 17.2 Å². The first-order valence-corrected chi connectivity index (χ1v) is 8.66. The van der Waals surface area contributed by atoms with Crippen molar-refractivity contribution in [1.82, 2.24) is 9.97 Å². The van der Waals surface area contributed by atoms with Gasteiger partial charge in [-0.2, -0.15) is 0 Å². The summed E-state index contributed by atoms with van der Waals surface area (Å²) in [5, 5.41) is 6.58. The fourth-order valence-corrected chi connectivity index (χ4v) is 2.71. The molecule has 1 aromatic heterocycles. The van der Waals surface area contributed by atoms with Gasteiger partial charge in [0.05, 0.1) is 12.8 Å². The van der Waals surface area contributed by atoms with Crippen molar-refractivity contribution >= 4 is 34.7 Å². The number of anilines is 3. The Kier molecular flexibility index (Phi) is 5.57. The molecular formula is C20H19ClN4O2. The van der Waals surface area contributed by atoms with E-state index < -0.39 is 0 Å². The molecule has 0 unspecified atom stereocenters. The maximum absolute atomic E-state index is 12.6. The number of amides is 1. The highest BCUT2D eigenvalue weighted by Crippen LogP contribution is 2.28. The van der Waals surface area contributed by atoms with Gasteiger partial charge in [0.2, 0.25) is 0 Å². The number of aromatic nitrogens is 2. The minimum absolute atomic E-state index is 0.235. The predicted molar refractivity (Wildman–Crippen MR) is 107 cm³/mol. The van der Waals surface area contributed by atoms with Crippen LogP contribution in [0.25, 0.3) is 0 Å². The van der Waals surface area contributed by atoms with E-state index in [0.717, 1.165) is 16.8 Å². The summed E-state index contributed by atoms with van der Waals surface area (Å²) < 4.78 is 5.36. The van der Waals surface area contributed by atoms with Gasteiger partial charge in [0.25, 0.3) is 5.91 Å². The van der Waals surface area contributed by atoms with Crippen LogP contribution in [0, 0.1) is 13.8 Å². The average molecular weight is 383 g/mol. The molecule has 0 atom stereocenters. The van der Waals surface area contributed by atoms with Crippen molar-refractivity contribution in [3.8, 4) is 5.75 Å². The first kappa shape index (κ1) is 18.7. The Hall–Kier alpha value is -3.12. The quantitative estimate of drug-likeness (QED) is 0.665. The van der Waals surface area contributed by atoms with E-state index in [0.29, 0.717) is 22.3 Å². The molecule has 0 radical (unpaired) electrons. The number of hydrogen-bond acceptors (Lipinski definition) is 5. The van der Waals surface area contributed by atoms with Crippen LogP contribution in [0.15, 0.2) is 48.8 Å². The minimum atomic E-state index is -0.345. The Balaban J connectivity index is 1.82. The van der Waals surface area contributed by atoms with Crippen LogP contribution in [0.3, 0.4) is 0 Å². The lowest BCUT2D eigenvalue weighted by Gasteiger charge is -2.12. The van der Waals surface area contributed by atoms with Gasteiger partial charge in [-0.1, -0.05) is 23.7 Å². The Morgan fingerprint density at radius 2 is 1.89 bits per heavy atom. The van der Waals surface area contributed by atoms with Crippen molar-refractivity contribution < 1.29 is 9.53 Å². The fraction of sp³-hybridized carbons (Fsp3) is 0.150. The van der Waals surface area contributed by atoms with Crippen LogP contribution in [-0.2, 0) is 0 Å². The largest absolute Gasteiger partial charge is 0.495 e. The summed E-state index contributed by atoms with van der Waals surface area (Å²) in [6, 6.07) is 12.7. The normalized spacial score (nSPS) is 10.4. The van der Waals surface area contributed by atoms with Crippen molar-refractivity contribution in [2.75, 3.05) is 17.7 Å². The smallest absolute Gasteiger partial charge is 0.274 e. The molecule has 2 aromatic carbocycles. The number of methoxy groups -OCH3 is 1. The van der Waals surface area contributed by atoms with E-state index in [-0.39, 0.29) is 11.6 Å². The molecule has 6 nitrogen and oxygen atoms in total. The average Bonchev–Trinajstić information content (AvgIpc) is 2.66. The molecule has 3 rings (SSSR count). The zero-order chi connectivity index (χ0) is 19.4. The van der Waals surface area contributed by atoms with Gasteiger partial charge >= 0.3 is 0 Å². The van der Waals surface area contributed by atoms with E-state index in [1.807, 2.05) is 32.0 Å². The fourth-order valence-electron chi connectivity index (χ4n) is 2.54. The minimum Gasteiger partial charge on any atom is -0.495 e. The van der Waals surface area contributed by atoms with Crippen LogP contribution in [0.2, 0.25) is 5.02 Å². The summed E-state index contributed by atoms with van der Waals surface area (Å²) in [7, 11) is 1.60. The first-order valence-electron chi connectivity index (χ1n) is 8.28. The molecule has 1 heterocycles. The Morgan fingerprint density at radius 3 is 2.67 bits per heavy atom. The monoisotopic (exact) mass is 382 g/mol. The molecule has 1 amide bonds. The lowest BCUT2D eigenvalue weighted by molar-refractivity contribution is 0.102. The van der Waals surface area contributed by atoms with Crippen LogP contribution in [-0.4, -0.2) is 23.0 Å². The number of benzene rings is 2. The molecule has 0 saturated heterocycles. The van der Waals surface area contributed by atoms with Gasteiger partial charge in [0, 0.05) is 16.8 Å². The van der Waals surface area contributed by atoms with Crippen LogP contribution >= 0.6 is 11.6 Å². The zero-order valence-corrected chi connectivity index (χ0v) is 16.0. The second-order valence-corrected chi connectivity index (χ2v) is 6.39. The van der Waals surface area contributed by atoms with Crippen molar-refractivity contribution in [3.63, 3.8) is 0 Å². The number of nitrogens with one attached hydrogen (secondary N) is 2. The molecular weight excluding hydrogens is 364 g/mol. The molecule has 0 aliphatic rings. The highest BCUT2D eigenvalue weighted by molar-refractivity contribution is 6.31. The van der Waals surface area contributed by atoms with E-state index in [1.54, 1.807) is 31.4 Å². The molecule has 0 bridgehead atoms. The number of carbonyl (C=O) groups is 1. The summed E-state index contributed by atoms with van der Waals surface area (Å²) in [5.41, 5.74) is 3.50. The summed E-state index contributed by atoms with van der Waals surface area (Å²) >= 11 is 6.10. The molecule has 0 aliphatic carbocycles. The first-order chi connectivity index (χ1) is 13.0. The summed E-state index contributed by atoms with van der Waals surface area (Å²) in [6.07, 6.45) is 1.34. The second-order valence-electron chi connectivity index (χ2n) is 5.98. The van der Waals surface area contributed by atoms with Crippen molar-refractivity contribution in [2.45, 2.75) is 13.8 Å². The zero-order valence-electron chi connectivity index (χ0n) is 15.2. The summed E-state index contributed by atoms with van der Waals surface area (Å²) in [4.78, 5) is 20.8. The number of ether oxygens (including phenoxy) is 1. The van der Waals surface area contributed by atoms with Crippen LogP contribution in [0.5, 0.6) is 5.75 Å². The Bertz CT molecular complexity index is 991. The summed E-state index contributed by atoms with van der Waals surface area (Å²) in [6.45, 7) is 3.83. The second kappa shape index (κ2) is 8.05. The molecule has 27 heavy (non-hydrogen) atoms. The maximum Gasteiger partial charge on any atom is 0.274 e. The standard InChI is InChI=1S/C20H19ClN4O2/c1-12-7-8-18(27-3)16(9-12)24-19-10-17(22-11-23-19)20(26)25-15-6-4-5-14(21)13(15)2/h4-11H,1-3H3,(H,25,26)(H,22,23,24). The van der Waals surface area contributed by atoms with E-state index in [1.165, 1.54) is 6.33 Å². The highest BCUT2D eigenvalue weighted by Gasteiger charge is 2.12. The van der Waals surface area contributed by atoms with Gasteiger partial charge in [-0.05, 0) is 49.2 Å². The topological polar surface area (TPSA) is 76.1 Å².